The molecule has 18 heavy (non-hydrogen) atoms. The van der Waals surface area contributed by atoms with E-state index in [0.717, 1.165) is 36.7 Å². The highest BCUT2D eigenvalue weighted by Crippen LogP contribution is 2.33. The fourth-order valence-corrected chi connectivity index (χ4v) is 2.37. The van der Waals surface area contributed by atoms with Crippen molar-refractivity contribution in [2.45, 2.75) is 25.5 Å². The average Bonchev–Trinajstić information content (AvgIpc) is 2.46. The summed E-state index contributed by atoms with van der Waals surface area (Å²) in [5.74, 6) is 2.87. The molecule has 5 heteroatoms. The molecule has 0 radical (unpaired) electrons. The molecule has 2 rings (SSSR count). The molecule has 0 bridgehead atoms. The van der Waals surface area contributed by atoms with Gasteiger partial charge < -0.3 is 0 Å². The van der Waals surface area contributed by atoms with E-state index >= 15 is 0 Å². The van der Waals surface area contributed by atoms with Crippen molar-refractivity contribution >= 4 is 12.3 Å². The van der Waals surface area contributed by atoms with Gasteiger partial charge >= 0.3 is 0 Å². The molecule has 1 aromatic heterocycles. The Balaban J connectivity index is 2.08. The van der Waals surface area contributed by atoms with Gasteiger partial charge in [-0.2, -0.15) is 5.26 Å². The summed E-state index contributed by atoms with van der Waals surface area (Å²) in [7, 11) is 0. The maximum atomic E-state index is 8.87. The number of hydrogen-bond donors (Lipinski definition) is 0. The van der Waals surface area contributed by atoms with Gasteiger partial charge in [-0.15, -0.1) is 0 Å². The Morgan fingerprint density at radius 1 is 1.39 bits per heavy atom. The Hall–Kier alpha value is -2.14. The lowest BCUT2D eigenvalue weighted by Crippen LogP contribution is -2.20. The summed E-state index contributed by atoms with van der Waals surface area (Å²) < 4.78 is 0. The van der Waals surface area contributed by atoms with Gasteiger partial charge in [-0.3, -0.25) is 0 Å². The summed E-state index contributed by atoms with van der Waals surface area (Å²) in [4.78, 5) is 8.02. The molecule has 1 fully saturated rings. The molecule has 0 aliphatic carbocycles. The zero-order chi connectivity index (χ0) is 13.0. The van der Waals surface area contributed by atoms with Crippen LogP contribution in [0.5, 0.6) is 0 Å². The lowest BCUT2D eigenvalue weighted by molar-refractivity contribution is 0.592. The van der Waals surface area contributed by atoms with Crippen molar-refractivity contribution in [3.8, 4) is 12.0 Å². The molecule has 0 unspecified atom stereocenters. The van der Waals surface area contributed by atoms with Crippen molar-refractivity contribution in [1.29, 1.82) is 10.5 Å². The molecule has 0 spiro atoms. The standard InChI is InChI=1S/C13H13BN4/c1-10(11-2-5-14(9-16)6-3-11)12-4-7-17-13(8-15)18-12/h4,7,11H,1-3,5-6H2. The summed E-state index contributed by atoms with van der Waals surface area (Å²) in [5.41, 5.74) is 1.72. The lowest BCUT2D eigenvalue weighted by atomic mass is 9.41. The Bertz CT molecular complexity index is 533. The number of aromatic nitrogens is 2. The smallest absolute Gasteiger partial charge is 0.227 e. The molecule has 0 amide bonds. The SMILES string of the molecule is C=C(c1ccnc(C#N)n1)C1CCB(C#N)CC1. The topological polar surface area (TPSA) is 73.4 Å². The van der Waals surface area contributed by atoms with Crippen molar-refractivity contribution in [2.75, 3.05) is 0 Å². The van der Waals surface area contributed by atoms with Crippen LogP contribution in [0.1, 0.15) is 24.4 Å². The van der Waals surface area contributed by atoms with E-state index in [1.165, 1.54) is 0 Å². The predicted octanol–water partition coefficient (Wildman–Crippen LogP) is 2.33. The van der Waals surface area contributed by atoms with E-state index in [1.807, 2.05) is 6.07 Å². The molecule has 2 heterocycles. The first-order chi connectivity index (χ1) is 8.74. The van der Waals surface area contributed by atoms with Crippen LogP contribution < -0.4 is 0 Å². The molecule has 0 saturated carbocycles. The molecule has 1 saturated heterocycles. The highest BCUT2D eigenvalue weighted by Gasteiger charge is 2.26. The Morgan fingerprint density at radius 3 is 2.72 bits per heavy atom. The summed E-state index contributed by atoms with van der Waals surface area (Å²) in [6, 6.07) is 3.73. The molecule has 1 aliphatic heterocycles. The van der Waals surface area contributed by atoms with Gasteiger partial charge in [-0.1, -0.05) is 32.1 Å². The van der Waals surface area contributed by atoms with E-state index in [2.05, 4.69) is 22.5 Å². The summed E-state index contributed by atoms with van der Waals surface area (Å²) in [5, 5.41) is 17.7. The Kier molecular flexibility index (Phi) is 3.74. The van der Waals surface area contributed by atoms with Gasteiger partial charge in [0.15, 0.2) is 0 Å². The summed E-state index contributed by atoms with van der Waals surface area (Å²) >= 11 is 0. The van der Waals surface area contributed by atoms with Gasteiger partial charge in [0, 0.05) is 12.2 Å². The number of nitriles is 2. The number of rotatable bonds is 2. The van der Waals surface area contributed by atoms with E-state index in [9.17, 15) is 0 Å². The van der Waals surface area contributed by atoms with Gasteiger partial charge in [-0.25, -0.2) is 15.2 Å². The third-order valence-corrected chi connectivity index (χ3v) is 3.49. The molecule has 4 nitrogen and oxygen atoms in total. The first kappa shape index (κ1) is 12.3. The maximum Gasteiger partial charge on any atom is 0.267 e. The van der Waals surface area contributed by atoms with Gasteiger partial charge in [0.2, 0.25) is 5.82 Å². The van der Waals surface area contributed by atoms with Gasteiger partial charge in [0.25, 0.3) is 6.71 Å². The van der Waals surface area contributed by atoms with Crippen LogP contribution in [0.4, 0.5) is 0 Å². The van der Waals surface area contributed by atoms with Crippen LogP contribution in [0, 0.1) is 28.5 Å². The Morgan fingerprint density at radius 2 is 2.11 bits per heavy atom. The molecule has 1 aromatic rings. The summed E-state index contributed by atoms with van der Waals surface area (Å²) in [6.07, 6.45) is 5.39. The van der Waals surface area contributed by atoms with Crippen LogP contribution in [0.25, 0.3) is 5.57 Å². The van der Waals surface area contributed by atoms with E-state index in [1.54, 1.807) is 12.3 Å². The van der Waals surface area contributed by atoms with E-state index in [0.29, 0.717) is 5.92 Å². The second-order valence-electron chi connectivity index (χ2n) is 4.58. The molecular formula is C13H13BN4. The third-order valence-electron chi connectivity index (χ3n) is 3.49. The van der Waals surface area contributed by atoms with E-state index in [-0.39, 0.29) is 12.5 Å². The van der Waals surface area contributed by atoms with Crippen molar-refractivity contribution in [3.63, 3.8) is 0 Å². The second kappa shape index (κ2) is 5.47. The van der Waals surface area contributed by atoms with Gasteiger partial charge in [-0.05, 0) is 17.6 Å². The zero-order valence-corrected chi connectivity index (χ0v) is 10.1. The van der Waals surface area contributed by atoms with Crippen LogP contribution in [0.2, 0.25) is 12.6 Å². The molecular weight excluding hydrogens is 223 g/mol. The molecule has 0 N–H and O–H groups in total. The summed E-state index contributed by atoms with van der Waals surface area (Å²) in [6.45, 7) is 4.28. The van der Waals surface area contributed by atoms with E-state index < -0.39 is 0 Å². The van der Waals surface area contributed by atoms with Crippen LogP contribution in [-0.2, 0) is 0 Å². The minimum atomic E-state index is 0.180. The molecule has 0 atom stereocenters. The highest BCUT2D eigenvalue weighted by molar-refractivity contribution is 6.67. The fraction of sp³-hybridized carbons (Fsp3) is 0.385. The predicted molar refractivity (Wildman–Crippen MR) is 69.5 cm³/mol. The Labute approximate surface area is 107 Å². The third kappa shape index (κ3) is 2.57. The maximum absolute atomic E-state index is 8.87. The normalized spacial score (nSPS) is 15.8. The first-order valence-corrected chi connectivity index (χ1v) is 6.06. The fourth-order valence-electron chi connectivity index (χ4n) is 2.37. The molecule has 0 aromatic carbocycles. The molecule has 88 valence electrons. The monoisotopic (exact) mass is 236 g/mol. The van der Waals surface area contributed by atoms with Crippen molar-refractivity contribution in [2.24, 2.45) is 5.92 Å². The average molecular weight is 236 g/mol. The second-order valence-corrected chi connectivity index (χ2v) is 4.58. The first-order valence-electron chi connectivity index (χ1n) is 6.06. The van der Waals surface area contributed by atoms with Gasteiger partial charge in [0.1, 0.15) is 6.07 Å². The zero-order valence-electron chi connectivity index (χ0n) is 10.1. The largest absolute Gasteiger partial charge is 0.267 e. The lowest BCUT2D eigenvalue weighted by Gasteiger charge is -2.24. The van der Waals surface area contributed by atoms with E-state index in [4.69, 9.17) is 10.5 Å². The van der Waals surface area contributed by atoms with Crippen LogP contribution >= 0.6 is 0 Å². The molecule has 1 aliphatic rings. The highest BCUT2D eigenvalue weighted by atomic mass is 14.9. The van der Waals surface area contributed by atoms with Crippen molar-refractivity contribution < 1.29 is 0 Å². The number of nitrogens with zero attached hydrogens (tertiary/aromatic N) is 4. The quantitative estimate of drug-likeness (QED) is 0.738. The van der Waals surface area contributed by atoms with Crippen molar-refractivity contribution in [3.05, 3.63) is 30.4 Å². The number of allylic oxidation sites excluding steroid dienone is 1. The van der Waals surface area contributed by atoms with Crippen LogP contribution in [0.3, 0.4) is 0 Å². The minimum Gasteiger partial charge on any atom is -0.227 e. The van der Waals surface area contributed by atoms with Crippen LogP contribution in [0.15, 0.2) is 18.8 Å². The van der Waals surface area contributed by atoms with Crippen LogP contribution in [-0.4, -0.2) is 16.7 Å². The van der Waals surface area contributed by atoms with Crippen molar-refractivity contribution in [1.82, 2.24) is 9.97 Å². The number of hydrogen-bond acceptors (Lipinski definition) is 4. The van der Waals surface area contributed by atoms with Gasteiger partial charge in [0.05, 0.1) is 5.69 Å². The minimum absolute atomic E-state index is 0.180.